The van der Waals surface area contributed by atoms with Crippen molar-refractivity contribution in [1.29, 1.82) is 0 Å². The molecule has 0 fully saturated rings. The molecule has 0 radical (unpaired) electrons. The van der Waals surface area contributed by atoms with Crippen molar-refractivity contribution in [2.45, 2.75) is 0 Å². The Morgan fingerprint density at radius 3 is 1.70 bits per heavy atom. The zero-order valence-corrected chi connectivity index (χ0v) is 13.7. The van der Waals surface area contributed by atoms with Crippen molar-refractivity contribution in [3.8, 4) is 33.8 Å². The third-order valence-corrected chi connectivity index (χ3v) is 4.08. The second-order valence-corrected chi connectivity index (χ2v) is 5.67. The van der Waals surface area contributed by atoms with Crippen LogP contribution in [0.5, 0.6) is 11.5 Å². The summed E-state index contributed by atoms with van der Waals surface area (Å²) in [5.41, 5.74) is -1.54. The lowest BCUT2D eigenvalue weighted by molar-refractivity contribution is 0.0686. The largest absolute Gasteiger partial charge is 0.507 e. The second-order valence-electron chi connectivity index (χ2n) is 5.67. The highest BCUT2D eigenvalue weighted by atomic mass is 19.1. The van der Waals surface area contributed by atoms with Gasteiger partial charge in [0.25, 0.3) is 0 Å². The minimum absolute atomic E-state index is 0.0606. The van der Waals surface area contributed by atoms with E-state index in [0.717, 1.165) is 6.07 Å². The van der Waals surface area contributed by atoms with Crippen LogP contribution in [0.1, 0.15) is 20.7 Å². The van der Waals surface area contributed by atoms with E-state index in [0.29, 0.717) is 0 Å². The fraction of sp³-hybridized carbons (Fsp3) is 0. The van der Waals surface area contributed by atoms with Crippen molar-refractivity contribution in [1.82, 2.24) is 0 Å². The number of aromatic hydroxyl groups is 2. The number of hydrogen-bond acceptors (Lipinski definition) is 4. The molecule has 0 heterocycles. The Balaban J connectivity index is 2.46. The lowest BCUT2D eigenvalue weighted by Gasteiger charge is -2.17. The molecule has 0 spiro atoms. The van der Waals surface area contributed by atoms with Crippen molar-refractivity contribution >= 4 is 11.9 Å². The van der Waals surface area contributed by atoms with E-state index in [9.17, 15) is 34.4 Å². The van der Waals surface area contributed by atoms with Crippen LogP contribution in [0.15, 0.2) is 54.6 Å². The Hall–Kier alpha value is -3.87. The summed E-state index contributed by atoms with van der Waals surface area (Å²) in [6.45, 7) is 0. The van der Waals surface area contributed by atoms with Crippen LogP contribution in [0.25, 0.3) is 22.3 Å². The molecule has 0 saturated carbocycles. The van der Waals surface area contributed by atoms with Gasteiger partial charge in [0.1, 0.15) is 17.3 Å². The third-order valence-electron chi connectivity index (χ3n) is 4.08. The average molecular weight is 368 g/mol. The van der Waals surface area contributed by atoms with E-state index in [1.807, 2.05) is 0 Å². The van der Waals surface area contributed by atoms with Gasteiger partial charge in [-0.15, -0.1) is 0 Å². The molecule has 6 nitrogen and oxygen atoms in total. The topological polar surface area (TPSA) is 115 Å². The molecule has 0 amide bonds. The first-order valence-corrected chi connectivity index (χ1v) is 7.72. The number of benzene rings is 3. The molecular formula is C20H13FO6. The molecule has 3 aromatic carbocycles. The molecule has 0 atom stereocenters. The molecule has 4 N–H and O–H groups in total. The Labute approximate surface area is 152 Å². The Morgan fingerprint density at radius 2 is 1.15 bits per heavy atom. The highest BCUT2D eigenvalue weighted by Crippen LogP contribution is 2.44. The van der Waals surface area contributed by atoms with Gasteiger partial charge >= 0.3 is 11.9 Å². The standard InChI is InChI=1S/C20H13FO6/c21-13-7-1-4-10(16-11(19(24)25)5-2-8-14(16)22)17(13)18-12(20(26)27)6-3-9-15(18)23/h1-9,22-23H,(H,24,25)(H,26,27). The van der Waals surface area contributed by atoms with Gasteiger partial charge in [-0.3, -0.25) is 0 Å². The first-order valence-electron chi connectivity index (χ1n) is 7.72. The molecule has 3 rings (SSSR count). The minimum atomic E-state index is -1.40. The molecule has 0 aliphatic carbocycles. The summed E-state index contributed by atoms with van der Waals surface area (Å²) >= 11 is 0. The van der Waals surface area contributed by atoms with Crippen LogP contribution in [-0.2, 0) is 0 Å². The van der Waals surface area contributed by atoms with Gasteiger partial charge in [0.15, 0.2) is 0 Å². The molecule has 7 heteroatoms. The van der Waals surface area contributed by atoms with Crippen molar-refractivity contribution in [2.75, 3.05) is 0 Å². The highest BCUT2D eigenvalue weighted by Gasteiger charge is 2.25. The molecule has 0 bridgehead atoms. The molecule has 0 unspecified atom stereocenters. The van der Waals surface area contributed by atoms with Crippen molar-refractivity contribution in [3.63, 3.8) is 0 Å². The molecule has 136 valence electrons. The molecule has 0 aliphatic rings. The normalized spacial score (nSPS) is 10.6. The smallest absolute Gasteiger partial charge is 0.336 e. The number of aromatic carboxylic acids is 2. The number of phenolic OH excluding ortho intramolecular Hbond substituents is 2. The molecule has 3 aromatic rings. The van der Waals surface area contributed by atoms with Gasteiger partial charge in [-0.1, -0.05) is 24.3 Å². The fourth-order valence-electron chi connectivity index (χ4n) is 2.97. The lowest BCUT2D eigenvalue weighted by atomic mass is 9.88. The number of carbonyl (C=O) groups is 2. The van der Waals surface area contributed by atoms with Crippen molar-refractivity contribution in [2.24, 2.45) is 0 Å². The number of carboxylic acid groups (broad SMARTS) is 2. The summed E-state index contributed by atoms with van der Waals surface area (Å²) in [6.07, 6.45) is 0. The second kappa shape index (κ2) is 6.80. The van der Waals surface area contributed by atoms with Crippen molar-refractivity contribution in [3.05, 3.63) is 71.5 Å². The minimum Gasteiger partial charge on any atom is -0.507 e. The first-order chi connectivity index (χ1) is 12.8. The van der Waals surface area contributed by atoms with Crippen LogP contribution in [0.3, 0.4) is 0 Å². The van der Waals surface area contributed by atoms with Gasteiger partial charge in [-0.2, -0.15) is 0 Å². The maximum Gasteiger partial charge on any atom is 0.336 e. The summed E-state index contributed by atoms with van der Waals surface area (Å²) in [7, 11) is 0. The molecule has 0 aliphatic heterocycles. The lowest BCUT2D eigenvalue weighted by Crippen LogP contribution is -2.04. The Kier molecular flexibility index (Phi) is 4.51. The Morgan fingerprint density at radius 1 is 0.667 bits per heavy atom. The van der Waals surface area contributed by atoms with Gasteiger partial charge in [0, 0.05) is 16.7 Å². The summed E-state index contributed by atoms with van der Waals surface area (Å²) < 4.78 is 14.8. The van der Waals surface area contributed by atoms with Gasteiger partial charge in [-0.05, 0) is 35.9 Å². The predicted octanol–water partition coefficient (Wildman–Crippen LogP) is 3.97. The van der Waals surface area contributed by atoms with Gasteiger partial charge in [-0.25, -0.2) is 14.0 Å². The summed E-state index contributed by atoms with van der Waals surface area (Å²) in [6, 6.07) is 11.2. The van der Waals surface area contributed by atoms with E-state index in [4.69, 9.17) is 0 Å². The maximum absolute atomic E-state index is 14.8. The third kappa shape index (κ3) is 3.06. The van der Waals surface area contributed by atoms with E-state index < -0.39 is 29.3 Å². The predicted molar refractivity (Wildman–Crippen MR) is 94.5 cm³/mol. The first kappa shape index (κ1) is 17.9. The SMILES string of the molecule is O=C(O)c1cccc(O)c1-c1cccc(F)c1-c1c(O)cccc1C(=O)O. The summed E-state index contributed by atoms with van der Waals surface area (Å²) in [5.74, 6) is -4.55. The zero-order valence-electron chi connectivity index (χ0n) is 13.7. The van der Waals surface area contributed by atoms with E-state index >= 15 is 0 Å². The van der Waals surface area contributed by atoms with E-state index in [1.54, 1.807) is 0 Å². The zero-order chi connectivity index (χ0) is 19.7. The van der Waals surface area contributed by atoms with E-state index in [-0.39, 0.29) is 33.4 Å². The van der Waals surface area contributed by atoms with Crippen LogP contribution in [0, 0.1) is 5.82 Å². The van der Waals surface area contributed by atoms with Gasteiger partial charge in [0.2, 0.25) is 0 Å². The summed E-state index contributed by atoms with van der Waals surface area (Å²) in [5, 5.41) is 39.3. The maximum atomic E-state index is 14.8. The van der Waals surface area contributed by atoms with E-state index in [2.05, 4.69) is 0 Å². The van der Waals surface area contributed by atoms with Crippen LogP contribution in [-0.4, -0.2) is 32.4 Å². The summed E-state index contributed by atoms with van der Waals surface area (Å²) in [4.78, 5) is 23.1. The molecule has 27 heavy (non-hydrogen) atoms. The molecule has 0 aromatic heterocycles. The Bertz CT molecular complexity index is 1070. The van der Waals surface area contributed by atoms with Crippen LogP contribution in [0.2, 0.25) is 0 Å². The van der Waals surface area contributed by atoms with Gasteiger partial charge in [0.05, 0.1) is 11.1 Å². The van der Waals surface area contributed by atoms with Crippen LogP contribution < -0.4 is 0 Å². The quantitative estimate of drug-likeness (QED) is 0.554. The highest BCUT2D eigenvalue weighted by molar-refractivity contribution is 6.05. The number of phenols is 2. The number of hydrogen-bond donors (Lipinski definition) is 4. The van der Waals surface area contributed by atoms with Gasteiger partial charge < -0.3 is 20.4 Å². The number of carboxylic acids is 2. The van der Waals surface area contributed by atoms with Crippen molar-refractivity contribution < 1.29 is 34.4 Å². The fourth-order valence-corrected chi connectivity index (χ4v) is 2.97. The number of halogens is 1. The molecular weight excluding hydrogens is 355 g/mol. The molecule has 0 saturated heterocycles. The monoisotopic (exact) mass is 368 g/mol. The van der Waals surface area contributed by atoms with E-state index in [1.165, 1.54) is 48.5 Å². The van der Waals surface area contributed by atoms with Crippen LogP contribution >= 0.6 is 0 Å². The number of rotatable bonds is 4. The van der Waals surface area contributed by atoms with Crippen LogP contribution in [0.4, 0.5) is 4.39 Å². The average Bonchev–Trinajstić information content (AvgIpc) is 2.61.